The van der Waals surface area contributed by atoms with Gasteiger partial charge in [0.15, 0.2) is 5.82 Å². The normalized spacial score (nSPS) is 14.3. The highest BCUT2D eigenvalue weighted by molar-refractivity contribution is 5.76. The summed E-state index contributed by atoms with van der Waals surface area (Å²) in [4.78, 5) is 16.1. The van der Waals surface area contributed by atoms with Gasteiger partial charge in [0.25, 0.3) is 0 Å². The molecule has 1 aliphatic rings. The molecule has 1 saturated carbocycles. The quantitative estimate of drug-likeness (QED) is 0.839. The lowest BCUT2D eigenvalue weighted by Gasteiger charge is -2.04. The first-order valence-corrected chi connectivity index (χ1v) is 7.42. The summed E-state index contributed by atoms with van der Waals surface area (Å²) in [5.74, 6) is 1.97. The van der Waals surface area contributed by atoms with Gasteiger partial charge in [-0.15, -0.1) is 0 Å². The van der Waals surface area contributed by atoms with E-state index in [1.165, 1.54) is 0 Å². The largest absolute Gasteiger partial charge is 0.356 e. The molecule has 1 fully saturated rings. The van der Waals surface area contributed by atoms with Crippen LogP contribution in [0, 0.1) is 0 Å². The van der Waals surface area contributed by atoms with E-state index in [0.29, 0.717) is 31.1 Å². The second kappa shape index (κ2) is 6.11. The van der Waals surface area contributed by atoms with Crippen LogP contribution >= 0.6 is 0 Å². The van der Waals surface area contributed by atoms with Gasteiger partial charge < -0.3 is 14.4 Å². The van der Waals surface area contributed by atoms with Crippen molar-refractivity contribution >= 4 is 5.91 Å². The summed E-state index contributed by atoms with van der Waals surface area (Å²) in [7, 11) is 1.99. The molecule has 2 aromatic rings. The highest BCUT2D eigenvalue weighted by Gasteiger charge is 2.29. The Morgan fingerprint density at radius 3 is 3.05 bits per heavy atom. The van der Waals surface area contributed by atoms with Crippen LogP contribution in [0.5, 0.6) is 0 Å². The molecule has 6 nitrogen and oxygen atoms in total. The molecular formula is C15H20N4O2. The Kier molecular flexibility index (Phi) is 4.03. The van der Waals surface area contributed by atoms with Crippen LogP contribution < -0.4 is 5.32 Å². The van der Waals surface area contributed by atoms with Gasteiger partial charge in [0.05, 0.1) is 0 Å². The maximum absolute atomic E-state index is 11.8. The molecular weight excluding hydrogens is 268 g/mol. The smallest absolute Gasteiger partial charge is 0.229 e. The number of nitrogens with one attached hydrogen (secondary N) is 1. The van der Waals surface area contributed by atoms with Crippen LogP contribution in [0.3, 0.4) is 0 Å². The number of aromatic nitrogens is 3. The van der Waals surface area contributed by atoms with Crippen LogP contribution in [0.25, 0.3) is 0 Å². The Hall–Kier alpha value is -2.11. The van der Waals surface area contributed by atoms with Gasteiger partial charge in [0.2, 0.25) is 11.8 Å². The monoisotopic (exact) mass is 288 g/mol. The van der Waals surface area contributed by atoms with E-state index in [9.17, 15) is 4.79 Å². The molecule has 21 heavy (non-hydrogen) atoms. The van der Waals surface area contributed by atoms with Gasteiger partial charge in [0.1, 0.15) is 0 Å². The number of amides is 1. The number of hydrogen-bond acceptors (Lipinski definition) is 4. The molecule has 1 aliphatic carbocycles. The molecule has 0 aromatic carbocycles. The lowest BCUT2D eigenvalue weighted by molar-refractivity contribution is -0.121. The lowest BCUT2D eigenvalue weighted by Crippen LogP contribution is -2.26. The highest BCUT2D eigenvalue weighted by Crippen LogP contribution is 2.38. The molecule has 0 unspecified atom stereocenters. The van der Waals surface area contributed by atoms with Crippen molar-refractivity contribution in [3.05, 3.63) is 35.7 Å². The zero-order chi connectivity index (χ0) is 14.7. The fourth-order valence-corrected chi connectivity index (χ4v) is 2.27. The second-order valence-electron chi connectivity index (χ2n) is 5.53. The first-order chi connectivity index (χ1) is 10.2. The van der Waals surface area contributed by atoms with Crippen molar-refractivity contribution in [1.29, 1.82) is 0 Å². The first-order valence-electron chi connectivity index (χ1n) is 7.42. The Morgan fingerprint density at radius 2 is 2.33 bits per heavy atom. The predicted molar refractivity (Wildman–Crippen MR) is 76.7 cm³/mol. The van der Waals surface area contributed by atoms with Gasteiger partial charge in [0, 0.05) is 44.2 Å². The minimum absolute atomic E-state index is 0.0575. The molecule has 2 aromatic heterocycles. The Labute approximate surface area is 123 Å². The molecule has 0 bridgehead atoms. The summed E-state index contributed by atoms with van der Waals surface area (Å²) in [5.41, 5.74) is 1.16. The standard InChI is InChI=1S/C15H20N4O2/c1-19-10-2-3-12(19)6-7-14(20)16-9-8-13-17-15(21-18-13)11-4-5-11/h2-3,10-11H,4-9H2,1H3,(H,16,20). The number of rotatable bonds is 7. The van der Waals surface area contributed by atoms with Crippen LogP contribution in [0.4, 0.5) is 0 Å². The molecule has 3 rings (SSSR count). The Bertz CT molecular complexity index is 613. The Morgan fingerprint density at radius 1 is 1.48 bits per heavy atom. The molecule has 112 valence electrons. The van der Waals surface area contributed by atoms with Crippen LogP contribution in [0.15, 0.2) is 22.9 Å². The van der Waals surface area contributed by atoms with Crippen molar-refractivity contribution in [1.82, 2.24) is 20.0 Å². The molecule has 6 heteroatoms. The van der Waals surface area contributed by atoms with E-state index in [4.69, 9.17) is 4.52 Å². The number of aryl methyl sites for hydroxylation is 2. The zero-order valence-corrected chi connectivity index (χ0v) is 12.2. The average Bonchev–Trinajstić information content (AvgIpc) is 3.08. The van der Waals surface area contributed by atoms with Gasteiger partial charge in [-0.25, -0.2) is 0 Å². The summed E-state index contributed by atoms with van der Waals surface area (Å²) in [6, 6.07) is 4.02. The van der Waals surface area contributed by atoms with Crippen LogP contribution in [0.1, 0.15) is 42.6 Å². The number of carbonyl (C=O) groups excluding carboxylic acids is 1. The third-order valence-corrected chi connectivity index (χ3v) is 3.74. The van der Waals surface area contributed by atoms with Crippen LogP contribution in [-0.4, -0.2) is 27.2 Å². The summed E-state index contributed by atoms with van der Waals surface area (Å²) >= 11 is 0. The highest BCUT2D eigenvalue weighted by atomic mass is 16.5. The third-order valence-electron chi connectivity index (χ3n) is 3.74. The Balaban J connectivity index is 1.36. The van der Waals surface area contributed by atoms with E-state index in [1.807, 2.05) is 29.9 Å². The predicted octanol–water partition coefficient (Wildman–Crippen LogP) is 1.58. The van der Waals surface area contributed by atoms with Gasteiger partial charge >= 0.3 is 0 Å². The molecule has 0 spiro atoms. The zero-order valence-electron chi connectivity index (χ0n) is 12.2. The number of carbonyl (C=O) groups is 1. The third kappa shape index (κ3) is 3.71. The maximum Gasteiger partial charge on any atom is 0.229 e. The first kappa shape index (κ1) is 13.9. The minimum Gasteiger partial charge on any atom is -0.356 e. The summed E-state index contributed by atoms with van der Waals surface area (Å²) < 4.78 is 7.21. The van der Waals surface area contributed by atoms with Crippen molar-refractivity contribution in [2.24, 2.45) is 7.05 Å². The molecule has 0 aliphatic heterocycles. The van der Waals surface area contributed by atoms with Crippen molar-refractivity contribution in [3.63, 3.8) is 0 Å². The number of nitrogens with zero attached hydrogens (tertiary/aromatic N) is 3. The molecule has 1 N–H and O–H groups in total. The van der Waals surface area contributed by atoms with Crippen molar-refractivity contribution < 1.29 is 9.32 Å². The van der Waals surface area contributed by atoms with Crippen molar-refractivity contribution in [2.75, 3.05) is 6.54 Å². The van der Waals surface area contributed by atoms with E-state index >= 15 is 0 Å². The lowest BCUT2D eigenvalue weighted by atomic mass is 10.2. The SMILES string of the molecule is Cn1cccc1CCC(=O)NCCc1noc(C2CC2)n1. The fourth-order valence-electron chi connectivity index (χ4n) is 2.27. The van der Waals surface area contributed by atoms with Gasteiger partial charge in [-0.2, -0.15) is 4.98 Å². The molecule has 0 radical (unpaired) electrons. The van der Waals surface area contributed by atoms with Gasteiger partial charge in [-0.3, -0.25) is 4.79 Å². The molecule has 0 saturated heterocycles. The molecule has 0 atom stereocenters. The summed E-state index contributed by atoms with van der Waals surface area (Å²) in [5, 5.41) is 6.83. The maximum atomic E-state index is 11.8. The molecule has 2 heterocycles. The average molecular weight is 288 g/mol. The van der Waals surface area contributed by atoms with E-state index in [-0.39, 0.29) is 5.91 Å². The van der Waals surface area contributed by atoms with Crippen molar-refractivity contribution in [3.8, 4) is 0 Å². The van der Waals surface area contributed by atoms with E-state index in [2.05, 4.69) is 15.5 Å². The molecule has 1 amide bonds. The van der Waals surface area contributed by atoms with Gasteiger partial charge in [-0.1, -0.05) is 5.16 Å². The minimum atomic E-state index is 0.0575. The second-order valence-corrected chi connectivity index (χ2v) is 5.53. The van der Waals surface area contributed by atoms with E-state index < -0.39 is 0 Å². The summed E-state index contributed by atoms with van der Waals surface area (Å²) in [6.07, 6.45) is 6.16. The fraction of sp³-hybridized carbons (Fsp3) is 0.533. The van der Waals surface area contributed by atoms with Crippen LogP contribution in [-0.2, 0) is 24.7 Å². The van der Waals surface area contributed by atoms with E-state index in [1.54, 1.807) is 0 Å². The van der Waals surface area contributed by atoms with Crippen LogP contribution in [0.2, 0.25) is 0 Å². The van der Waals surface area contributed by atoms with E-state index in [0.717, 1.165) is 30.8 Å². The summed E-state index contributed by atoms with van der Waals surface area (Å²) in [6.45, 7) is 0.551. The number of hydrogen-bond donors (Lipinski definition) is 1. The van der Waals surface area contributed by atoms with Gasteiger partial charge in [-0.05, 0) is 31.4 Å². The topological polar surface area (TPSA) is 73.0 Å². The van der Waals surface area contributed by atoms with Crippen molar-refractivity contribution in [2.45, 2.75) is 38.0 Å².